The maximum Gasteiger partial charge on any atom is 0.0487 e. The van der Waals surface area contributed by atoms with Crippen molar-refractivity contribution >= 4 is 16.6 Å². The maximum atomic E-state index is 3.24. The molecule has 0 fully saturated rings. The Labute approximate surface area is 106 Å². The molecule has 18 heavy (non-hydrogen) atoms. The normalized spacial score (nSPS) is 10.7. The monoisotopic (exact) mass is 237 g/mol. The highest BCUT2D eigenvalue weighted by Gasteiger charge is 2.00. The van der Waals surface area contributed by atoms with Crippen LogP contribution in [0.15, 0.2) is 60.8 Å². The van der Waals surface area contributed by atoms with Gasteiger partial charge in [-0.3, -0.25) is 0 Å². The molecule has 0 amide bonds. The third-order valence-corrected chi connectivity index (χ3v) is 2.97. The van der Waals surface area contributed by atoms with Crippen LogP contribution in [0.2, 0.25) is 0 Å². The van der Waals surface area contributed by atoms with Crippen LogP contribution in [-0.4, -0.2) is 4.98 Å². The van der Waals surface area contributed by atoms with Crippen LogP contribution >= 0.6 is 0 Å². The summed E-state index contributed by atoms with van der Waals surface area (Å²) >= 11 is 0. The first-order chi connectivity index (χ1) is 8.93. The molecule has 3 aromatic rings. The summed E-state index contributed by atoms with van der Waals surface area (Å²) in [4.78, 5) is 3.22. The number of anilines is 1. The van der Waals surface area contributed by atoms with Gasteiger partial charge < -0.3 is 10.4 Å². The standard InChI is InChI=1S/C15H15N3/c1-2-6-13(7-3-1)18-17-11-12-5-4-8-15-14(12)9-10-16-15/h1-10,16-18H,11H2. The fourth-order valence-electron chi connectivity index (χ4n) is 2.07. The lowest BCUT2D eigenvalue weighted by Crippen LogP contribution is -2.20. The minimum atomic E-state index is 0.782. The summed E-state index contributed by atoms with van der Waals surface area (Å²) < 4.78 is 0. The van der Waals surface area contributed by atoms with Crippen molar-refractivity contribution in [3.8, 4) is 0 Å². The zero-order valence-electron chi connectivity index (χ0n) is 9.98. The number of aromatic nitrogens is 1. The minimum absolute atomic E-state index is 0.782. The zero-order valence-corrected chi connectivity index (χ0v) is 9.98. The molecule has 0 aliphatic carbocycles. The van der Waals surface area contributed by atoms with E-state index in [1.54, 1.807) is 0 Å². The smallest absolute Gasteiger partial charge is 0.0487 e. The van der Waals surface area contributed by atoms with Gasteiger partial charge in [0, 0.05) is 29.3 Å². The van der Waals surface area contributed by atoms with Crippen LogP contribution in [0.1, 0.15) is 5.56 Å². The summed E-state index contributed by atoms with van der Waals surface area (Å²) in [5.41, 5.74) is 9.94. The Morgan fingerprint density at radius 3 is 2.67 bits per heavy atom. The molecule has 0 radical (unpaired) electrons. The second-order valence-electron chi connectivity index (χ2n) is 4.20. The lowest BCUT2D eigenvalue weighted by Gasteiger charge is -2.09. The summed E-state index contributed by atoms with van der Waals surface area (Å²) in [6.45, 7) is 0.782. The fraction of sp³-hybridized carbons (Fsp3) is 0.0667. The molecule has 0 atom stereocenters. The van der Waals surface area contributed by atoms with Gasteiger partial charge in [0.25, 0.3) is 0 Å². The van der Waals surface area contributed by atoms with Gasteiger partial charge in [-0.15, -0.1) is 0 Å². The topological polar surface area (TPSA) is 39.8 Å². The van der Waals surface area contributed by atoms with E-state index >= 15 is 0 Å². The van der Waals surface area contributed by atoms with Crippen molar-refractivity contribution in [1.82, 2.24) is 10.4 Å². The van der Waals surface area contributed by atoms with E-state index in [0.29, 0.717) is 0 Å². The van der Waals surface area contributed by atoms with Crippen molar-refractivity contribution in [3.63, 3.8) is 0 Å². The molecule has 0 saturated carbocycles. The second-order valence-corrected chi connectivity index (χ2v) is 4.20. The van der Waals surface area contributed by atoms with Crippen LogP contribution in [0.4, 0.5) is 5.69 Å². The van der Waals surface area contributed by atoms with Crippen molar-refractivity contribution in [2.45, 2.75) is 6.54 Å². The lowest BCUT2D eigenvalue weighted by molar-refractivity contribution is 0.807. The van der Waals surface area contributed by atoms with Gasteiger partial charge in [-0.2, -0.15) is 0 Å². The van der Waals surface area contributed by atoms with Gasteiger partial charge in [-0.25, -0.2) is 5.43 Å². The average Bonchev–Trinajstić information content (AvgIpc) is 2.89. The molecule has 0 bridgehead atoms. The van der Waals surface area contributed by atoms with Crippen LogP contribution < -0.4 is 10.9 Å². The Hall–Kier alpha value is -2.26. The van der Waals surface area contributed by atoms with Gasteiger partial charge in [-0.1, -0.05) is 30.3 Å². The number of H-pyrrole nitrogens is 1. The van der Waals surface area contributed by atoms with Crippen LogP contribution in [0.5, 0.6) is 0 Å². The summed E-state index contributed by atoms with van der Waals surface area (Å²) in [6, 6.07) is 18.5. The van der Waals surface area contributed by atoms with Crippen molar-refractivity contribution in [1.29, 1.82) is 0 Å². The van der Waals surface area contributed by atoms with E-state index in [9.17, 15) is 0 Å². The van der Waals surface area contributed by atoms with E-state index in [1.165, 1.54) is 16.5 Å². The number of rotatable bonds is 4. The Balaban J connectivity index is 1.68. The van der Waals surface area contributed by atoms with E-state index in [1.807, 2.05) is 36.5 Å². The molecule has 0 spiro atoms. The van der Waals surface area contributed by atoms with Crippen molar-refractivity contribution < 1.29 is 0 Å². The Morgan fingerprint density at radius 2 is 1.78 bits per heavy atom. The average molecular weight is 237 g/mol. The lowest BCUT2D eigenvalue weighted by atomic mass is 10.1. The Kier molecular flexibility index (Phi) is 2.98. The number of para-hydroxylation sites is 1. The highest BCUT2D eigenvalue weighted by atomic mass is 15.3. The molecular formula is C15H15N3. The second kappa shape index (κ2) is 4.94. The van der Waals surface area contributed by atoms with Crippen LogP contribution in [-0.2, 0) is 6.54 Å². The summed E-state index contributed by atoms with van der Waals surface area (Å²) in [7, 11) is 0. The first-order valence-electron chi connectivity index (χ1n) is 6.02. The van der Waals surface area contributed by atoms with Gasteiger partial charge in [0.05, 0.1) is 0 Å². The van der Waals surface area contributed by atoms with Gasteiger partial charge in [-0.05, 0) is 29.8 Å². The van der Waals surface area contributed by atoms with E-state index in [4.69, 9.17) is 0 Å². The molecule has 2 aromatic carbocycles. The van der Waals surface area contributed by atoms with E-state index < -0.39 is 0 Å². The molecule has 3 nitrogen and oxygen atoms in total. The summed E-state index contributed by atoms with van der Waals surface area (Å²) in [6.07, 6.45) is 1.97. The van der Waals surface area contributed by atoms with Crippen molar-refractivity contribution in [2.75, 3.05) is 5.43 Å². The fourth-order valence-corrected chi connectivity index (χ4v) is 2.07. The first kappa shape index (κ1) is 10.9. The number of hydrogen-bond acceptors (Lipinski definition) is 2. The summed E-state index contributed by atoms with van der Waals surface area (Å²) in [5, 5.41) is 1.26. The molecule has 90 valence electrons. The zero-order chi connectivity index (χ0) is 12.2. The minimum Gasteiger partial charge on any atom is -0.361 e. The Bertz CT molecular complexity index is 628. The largest absolute Gasteiger partial charge is 0.361 e. The third-order valence-electron chi connectivity index (χ3n) is 2.97. The molecule has 3 heteroatoms. The number of hydrogen-bond donors (Lipinski definition) is 3. The molecule has 0 unspecified atom stereocenters. The van der Waals surface area contributed by atoms with Crippen molar-refractivity contribution in [2.24, 2.45) is 0 Å². The van der Waals surface area contributed by atoms with Gasteiger partial charge in [0.15, 0.2) is 0 Å². The third kappa shape index (κ3) is 2.21. The van der Waals surface area contributed by atoms with Gasteiger partial charge in [0.2, 0.25) is 0 Å². The van der Waals surface area contributed by atoms with E-state index in [-0.39, 0.29) is 0 Å². The number of fused-ring (bicyclic) bond motifs is 1. The first-order valence-corrected chi connectivity index (χ1v) is 6.02. The molecular weight excluding hydrogens is 222 g/mol. The predicted octanol–water partition coefficient (Wildman–Crippen LogP) is 3.28. The van der Waals surface area contributed by atoms with Crippen molar-refractivity contribution in [3.05, 3.63) is 66.4 Å². The molecule has 1 aromatic heterocycles. The van der Waals surface area contributed by atoms with Crippen LogP contribution in [0, 0.1) is 0 Å². The maximum absolute atomic E-state index is 3.24. The highest BCUT2D eigenvalue weighted by Crippen LogP contribution is 2.17. The number of hydrazine groups is 1. The predicted molar refractivity (Wildman–Crippen MR) is 75.2 cm³/mol. The number of benzene rings is 2. The van der Waals surface area contributed by atoms with Gasteiger partial charge in [0.1, 0.15) is 0 Å². The summed E-state index contributed by atoms with van der Waals surface area (Å²) in [5.74, 6) is 0. The van der Waals surface area contributed by atoms with E-state index in [0.717, 1.165) is 12.2 Å². The quantitative estimate of drug-likeness (QED) is 0.609. The molecule has 0 aliphatic heterocycles. The molecule has 3 rings (SSSR count). The number of nitrogens with one attached hydrogen (secondary N) is 3. The molecule has 0 saturated heterocycles. The Morgan fingerprint density at radius 1 is 0.889 bits per heavy atom. The van der Waals surface area contributed by atoms with Gasteiger partial charge >= 0.3 is 0 Å². The molecule has 3 N–H and O–H groups in total. The highest BCUT2D eigenvalue weighted by molar-refractivity contribution is 5.82. The van der Waals surface area contributed by atoms with E-state index in [2.05, 4.69) is 40.1 Å². The van der Waals surface area contributed by atoms with Crippen LogP contribution in [0.3, 0.4) is 0 Å². The molecule has 1 heterocycles. The van der Waals surface area contributed by atoms with Crippen LogP contribution in [0.25, 0.3) is 10.9 Å². The number of aromatic amines is 1. The molecule has 0 aliphatic rings. The SMILES string of the molecule is c1ccc(NNCc2cccc3[nH]ccc23)cc1.